The lowest BCUT2D eigenvalue weighted by molar-refractivity contribution is -0.142. The molecular formula is C13H23N3O2. The summed E-state index contributed by atoms with van der Waals surface area (Å²) >= 11 is 0. The van der Waals surface area contributed by atoms with E-state index in [1.54, 1.807) is 0 Å². The van der Waals surface area contributed by atoms with Gasteiger partial charge in [-0.2, -0.15) is 5.10 Å². The number of aromatic nitrogens is 2. The van der Waals surface area contributed by atoms with Gasteiger partial charge in [0.15, 0.2) is 0 Å². The van der Waals surface area contributed by atoms with Crippen molar-refractivity contribution in [1.29, 1.82) is 0 Å². The minimum Gasteiger partial charge on any atom is -0.481 e. The molecule has 3 N–H and O–H groups in total. The van der Waals surface area contributed by atoms with Crippen LogP contribution in [-0.2, 0) is 11.3 Å². The fourth-order valence-corrected chi connectivity index (χ4v) is 2.05. The molecule has 0 aliphatic carbocycles. The van der Waals surface area contributed by atoms with Gasteiger partial charge in [-0.15, -0.1) is 0 Å². The molecule has 0 saturated carbocycles. The Morgan fingerprint density at radius 3 is 2.56 bits per heavy atom. The second-order valence-electron chi connectivity index (χ2n) is 5.21. The van der Waals surface area contributed by atoms with Gasteiger partial charge in [0, 0.05) is 24.3 Å². The minimum atomic E-state index is -0.725. The van der Waals surface area contributed by atoms with Gasteiger partial charge in [0.2, 0.25) is 0 Å². The zero-order valence-electron chi connectivity index (χ0n) is 11.6. The summed E-state index contributed by atoms with van der Waals surface area (Å²) in [5.41, 5.74) is 3.13. The number of rotatable bonds is 7. The number of nitrogens with zero attached hydrogens (tertiary/aromatic N) is 1. The zero-order valence-corrected chi connectivity index (χ0v) is 11.6. The number of aromatic amines is 1. The molecule has 102 valence electrons. The number of aliphatic carboxylic acids is 1. The van der Waals surface area contributed by atoms with Crippen LogP contribution in [0.2, 0.25) is 0 Å². The quantitative estimate of drug-likeness (QED) is 0.693. The zero-order chi connectivity index (χ0) is 13.7. The van der Waals surface area contributed by atoms with Crippen molar-refractivity contribution in [2.45, 2.75) is 40.7 Å². The number of hydrogen-bond acceptors (Lipinski definition) is 3. The third-order valence-corrected chi connectivity index (χ3v) is 3.08. The van der Waals surface area contributed by atoms with Crippen molar-refractivity contribution in [3.05, 3.63) is 17.0 Å². The summed E-state index contributed by atoms with van der Waals surface area (Å²) in [7, 11) is 0. The molecule has 0 aromatic carbocycles. The lowest BCUT2D eigenvalue weighted by Gasteiger charge is -2.15. The van der Waals surface area contributed by atoms with E-state index in [2.05, 4.69) is 15.5 Å². The molecule has 0 radical (unpaired) electrons. The average Bonchev–Trinajstić information content (AvgIpc) is 2.58. The summed E-state index contributed by atoms with van der Waals surface area (Å²) in [5, 5.41) is 19.4. The molecule has 1 rings (SSSR count). The van der Waals surface area contributed by atoms with Crippen molar-refractivity contribution < 1.29 is 9.90 Å². The molecule has 1 aromatic heterocycles. The van der Waals surface area contributed by atoms with E-state index >= 15 is 0 Å². The van der Waals surface area contributed by atoms with Crippen LogP contribution in [-0.4, -0.2) is 27.8 Å². The van der Waals surface area contributed by atoms with Gasteiger partial charge in [0.1, 0.15) is 0 Å². The van der Waals surface area contributed by atoms with Gasteiger partial charge in [-0.3, -0.25) is 9.89 Å². The maximum atomic E-state index is 11.1. The minimum absolute atomic E-state index is 0.322. The van der Waals surface area contributed by atoms with Crippen molar-refractivity contribution >= 4 is 5.97 Å². The summed E-state index contributed by atoms with van der Waals surface area (Å²) < 4.78 is 0. The number of carboxylic acid groups (broad SMARTS) is 1. The molecule has 0 aliphatic rings. The van der Waals surface area contributed by atoms with E-state index in [9.17, 15) is 4.79 Å². The van der Waals surface area contributed by atoms with E-state index in [0.717, 1.165) is 17.0 Å². The van der Waals surface area contributed by atoms with E-state index in [1.807, 2.05) is 27.7 Å². The first-order chi connectivity index (χ1) is 8.41. The lowest BCUT2D eigenvalue weighted by atomic mass is 9.97. The molecule has 0 saturated heterocycles. The van der Waals surface area contributed by atoms with Gasteiger partial charge < -0.3 is 10.4 Å². The number of nitrogens with one attached hydrogen (secondary N) is 2. The third kappa shape index (κ3) is 4.14. The molecule has 1 aromatic rings. The van der Waals surface area contributed by atoms with Crippen LogP contribution < -0.4 is 5.32 Å². The Hall–Kier alpha value is -1.36. The van der Waals surface area contributed by atoms with Gasteiger partial charge in [0.05, 0.1) is 11.6 Å². The maximum Gasteiger partial charge on any atom is 0.307 e. The van der Waals surface area contributed by atoms with Crippen LogP contribution in [0, 0.1) is 25.7 Å². The lowest BCUT2D eigenvalue weighted by Crippen LogP contribution is -2.29. The molecule has 5 nitrogen and oxygen atoms in total. The van der Waals surface area contributed by atoms with Crippen LogP contribution in [0.5, 0.6) is 0 Å². The molecule has 18 heavy (non-hydrogen) atoms. The Balaban J connectivity index is 2.46. The van der Waals surface area contributed by atoms with Gasteiger partial charge >= 0.3 is 5.97 Å². The number of aryl methyl sites for hydroxylation is 2. The Kier molecular flexibility index (Phi) is 5.34. The second kappa shape index (κ2) is 6.54. The first-order valence-corrected chi connectivity index (χ1v) is 6.35. The molecule has 1 atom stereocenters. The number of hydrogen-bond donors (Lipinski definition) is 3. The highest BCUT2D eigenvalue weighted by atomic mass is 16.4. The van der Waals surface area contributed by atoms with E-state index in [0.29, 0.717) is 25.4 Å². The van der Waals surface area contributed by atoms with Crippen molar-refractivity contribution in [2.75, 3.05) is 6.54 Å². The van der Waals surface area contributed by atoms with Crippen LogP contribution >= 0.6 is 0 Å². The SMILES string of the molecule is Cc1n[nH]c(C)c1CNCC(CC(C)C)C(=O)O. The number of carboxylic acids is 1. The molecule has 0 spiro atoms. The molecule has 5 heteroatoms. The van der Waals surface area contributed by atoms with E-state index in [4.69, 9.17) is 5.11 Å². The van der Waals surface area contributed by atoms with Crippen LogP contribution in [0.3, 0.4) is 0 Å². The van der Waals surface area contributed by atoms with Crippen molar-refractivity contribution in [3.8, 4) is 0 Å². The Bertz CT molecular complexity index is 379. The highest BCUT2D eigenvalue weighted by Gasteiger charge is 2.18. The summed E-state index contributed by atoms with van der Waals surface area (Å²) in [6, 6.07) is 0. The molecule has 0 aliphatic heterocycles. The molecule has 1 unspecified atom stereocenters. The molecule has 0 bridgehead atoms. The van der Waals surface area contributed by atoms with Gasteiger partial charge in [-0.05, 0) is 26.2 Å². The molecule has 1 heterocycles. The first-order valence-electron chi connectivity index (χ1n) is 6.35. The molecule has 0 amide bonds. The van der Waals surface area contributed by atoms with Crippen LogP contribution in [0.1, 0.15) is 37.2 Å². The Morgan fingerprint density at radius 1 is 1.44 bits per heavy atom. The monoisotopic (exact) mass is 253 g/mol. The standard InChI is InChI=1S/C13H23N3O2/c1-8(2)5-11(13(17)18)6-14-7-12-9(3)15-16-10(12)4/h8,11,14H,5-7H2,1-4H3,(H,15,16)(H,17,18). The predicted molar refractivity (Wildman–Crippen MR) is 70.3 cm³/mol. The Labute approximate surface area is 108 Å². The third-order valence-electron chi connectivity index (χ3n) is 3.08. The van der Waals surface area contributed by atoms with Crippen LogP contribution in [0.25, 0.3) is 0 Å². The van der Waals surface area contributed by atoms with E-state index in [1.165, 1.54) is 0 Å². The highest BCUT2D eigenvalue weighted by molar-refractivity contribution is 5.70. The number of carbonyl (C=O) groups is 1. The van der Waals surface area contributed by atoms with Gasteiger partial charge in [-0.1, -0.05) is 13.8 Å². The van der Waals surface area contributed by atoms with E-state index in [-0.39, 0.29) is 5.92 Å². The number of H-pyrrole nitrogens is 1. The first kappa shape index (κ1) is 14.7. The van der Waals surface area contributed by atoms with E-state index < -0.39 is 5.97 Å². The largest absolute Gasteiger partial charge is 0.481 e. The van der Waals surface area contributed by atoms with Crippen molar-refractivity contribution in [1.82, 2.24) is 15.5 Å². The predicted octanol–water partition coefficient (Wildman–Crippen LogP) is 1.86. The molecule has 0 fully saturated rings. The Morgan fingerprint density at radius 2 is 2.11 bits per heavy atom. The normalized spacial score (nSPS) is 12.9. The fourth-order valence-electron chi connectivity index (χ4n) is 2.05. The topological polar surface area (TPSA) is 78.0 Å². The maximum absolute atomic E-state index is 11.1. The van der Waals surface area contributed by atoms with Crippen LogP contribution in [0.4, 0.5) is 0 Å². The van der Waals surface area contributed by atoms with Crippen molar-refractivity contribution in [3.63, 3.8) is 0 Å². The summed E-state index contributed by atoms with van der Waals surface area (Å²) in [5.74, 6) is -0.653. The highest BCUT2D eigenvalue weighted by Crippen LogP contribution is 2.12. The van der Waals surface area contributed by atoms with Crippen LogP contribution in [0.15, 0.2) is 0 Å². The molecular weight excluding hydrogens is 230 g/mol. The fraction of sp³-hybridized carbons (Fsp3) is 0.692. The smallest absolute Gasteiger partial charge is 0.307 e. The summed E-state index contributed by atoms with van der Waals surface area (Å²) in [6.07, 6.45) is 0.700. The van der Waals surface area contributed by atoms with Crippen molar-refractivity contribution in [2.24, 2.45) is 11.8 Å². The summed E-state index contributed by atoms with van der Waals surface area (Å²) in [6.45, 7) is 9.16. The second-order valence-corrected chi connectivity index (χ2v) is 5.21. The average molecular weight is 253 g/mol. The summed E-state index contributed by atoms with van der Waals surface area (Å²) in [4.78, 5) is 11.1. The van der Waals surface area contributed by atoms with Gasteiger partial charge in [0.25, 0.3) is 0 Å². The van der Waals surface area contributed by atoms with Gasteiger partial charge in [-0.25, -0.2) is 0 Å².